The van der Waals surface area contributed by atoms with E-state index in [4.69, 9.17) is 5.26 Å². The van der Waals surface area contributed by atoms with E-state index in [9.17, 15) is 9.18 Å². The van der Waals surface area contributed by atoms with Crippen molar-refractivity contribution in [1.82, 2.24) is 5.32 Å². The zero-order valence-electron chi connectivity index (χ0n) is 10.7. The zero-order chi connectivity index (χ0) is 13.7. The van der Waals surface area contributed by atoms with E-state index in [0.29, 0.717) is 5.69 Å². The Balaban J connectivity index is 2.76. The van der Waals surface area contributed by atoms with Gasteiger partial charge in [-0.05, 0) is 32.0 Å². The first-order valence-electron chi connectivity index (χ1n) is 5.64. The molecule has 96 valence electrons. The molecular formula is C13H16FN3O. The summed E-state index contributed by atoms with van der Waals surface area (Å²) in [6.45, 7) is 3.79. The molecule has 0 aliphatic carbocycles. The second kappa shape index (κ2) is 6.01. The summed E-state index contributed by atoms with van der Waals surface area (Å²) in [6, 6.07) is 6.09. The fourth-order valence-electron chi connectivity index (χ4n) is 1.55. The number of hydrogen-bond donors (Lipinski definition) is 1. The van der Waals surface area contributed by atoms with Gasteiger partial charge in [-0.3, -0.25) is 4.79 Å². The fraction of sp³-hybridized carbons (Fsp3) is 0.385. The fourth-order valence-corrected chi connectivity index (χ4v) is 1.55. The Labute approximate surface area is 106 Å². The van der Waals surface area contributed by atoms with Crippen molar-refractivity contribution in [2.24, 2.45) is 0 Å². The molecule has 4 nitrogen and oxygen atoms in total. The molecule has 1 N–H and O–H groups in total. The highest BCUT2D eigenvalue weighted by Gasteiger charge is 2.12. The number of carbonyl (C=O) groups is 1. The summed E-state index contributed by atoms with van der Waals surface area (Å²) >= 11 is 0. The van der Waals surface area contributed by atoms with Crippen LogP contribution in [-0.4, -0.2) is 25.5 Å². The van der Waals surface area contributed by atoms with E-state index in [1.54, 1.807) is 7.05 Å². The van der Waals surface area contributed by atoms with Gasteiger partial charge in [0.2, 0.25) is 5.91 Å². The molecule has 0 saturated heterocycles. The summed E-state index contributed by atoms with van der Waals surface area (Å²) in [4.78, 5) is 13.1. The van der Waals surface area contributed by atoms with Gasteiger partial charge in [-0.25, -0.2) is 4.39 Å². The second-order valence-corrected chi connectivity index (χ2v) is 4.36. The lowest BCUT2D eigenvalue weighted by Crippen LogP contribution is -2.38. The van der Waals surface area contributed by atoms with Crippen molar-refractivity contribution in [3.05, 3.63) is 29.6 Å². The van der Waals surface area contributed by atoms with Crippen LogP contribution in [0.5, 0.6) is 0 Å². The molecule has 5 heteroatoms. The summed E-state index contributed by atoms with van der Waals surface area (Å²) < 4.78 is 13.7. The third-order valence-electron chi connectivity index (χ3n) is 2.32. The van der Waals surface area contributed by atoms with Crippen LogP contribution < -0.4 is 10.2 Å². The van der Waals surface area contributed by atoms with Crippen molar-refractivity contribution in [1.29, 1.82) is 5.26 Å². The number of halogens is 1. The molecule has 1 rings (SSSR count). The van der Waals surface area contributed by atoms with Crippen molar-refractivity contribution >= 4 is 11.6 Å². The third-order valence-corrected chi connectivity index (χ3v) is 2.32. The molecule has 0 heterocycles. The molecule has 1 aromatic rings. The highest BCUT2D eigenvalue weighted by atomic mass is 19.1. The highest BCUT2D eigenvalue weighted by Crippen LogP contribution is 2.18. The average molecular weight is 249 g/mol. The van der Waals surface area contributed by atoms with Gasteiger partial charge in [-0.2, -0.15) is 5.26 Å². The topological polar surface area (TPSA) is 56.1 Å². The second-order valence-electron chi connectivity index (χ2n) is 4.36. The Bertz CT molecular complexity index is 480. The van der Waals surface area contributed by atoms with Gasteiger partial charge in [0.05, 0.1) is 23.9 Å². The molecule has 1 aromatic carbocycles. The van der Waals surface area contributed by atoms with Gasteiger partial charge in [-0.1, -0.05) is 0 Å². The smallest absolute Gasteiger partial charge is 0.239 e. The van der Waals surface area contributed by atoms with Crippen LogP contribution in [0.2, 0.25) is 0 Å². The molecule has 0 aliphatic heterocycles. The van der Waals surface area contributed by atoms with Crippen LogP contribution in [0.3, 0.4) is 0 Å². The number of nitrogens with one attached hydrogen (secondary N) is 1. The minimum absolute atomic E-state index is 0.0525. The number of rotatable bonds is 4. The first-order chi connectivity index (χ1) is 8.43. The van der Waals surface area contributed by atoms with Crippen molar-refractivity contribution in [3.8, 4) is 6.07 Å². The van der Waals surface area contributed by atoms with E-state index in [0.717, 1.165) is 6.07 Å². The molecule has 0 radical (unpaired) electrons. The van der Waals surface area contributed by atoms with E-state index in [1.807, 2.05) is 19.9 Å². The van der Waals surface area contributed by atoms with Gasteiger partial charge in [0, 0.05) is 13.1 Å². The van der Waals surface area contributed by atoms with E-state index in [1.165, 1.54) is 17.0 Å². The van der Waals surface area contributed by atoms with E-state index < -0.39 is 5.82 Å². The summed E-state index contributed by atoms with van der Waals surface area (Å²) in [7, 11) is 1.63. The lowest BCUT2D eigenvalue weighted by atomic mass is 10.2. The van der Waals surface area contributed by atoms with Gasteiger partial charge in [0.1, 0.15) is 5.82 Å². The van der Waals surface area contributed by atoms with Gasteiger partial charge >= 0.3 is 0 Å². The molecule has 18 heavy (non-hydrogen) atoms. The summed E-state index contributed by atoms with van der Waals surface area (Å²) in [5.74, 6) is -0.676. The first-order valence-corrected chi connectivity index (χ1v) is 5.64. The largest absolute Gasteiger partial charge is 0.363 e. The van der Waals surface area contributed by atoms with Crippen LogP contribution in [0.4, 0.5) is 10.1 Å². The molecule has 1 amide bonds. The number of likely N-dealkylation sites (N-methyl/N-ethyl adjacent to an activating group) is 1. The molecule has 0 spiro atoms. The highest BCUT2D eigenvalue weighted by molar-refractivity contribution is 5.81. The molecule has 0 fully saturated rings. The number of anilines is 1. The van der Waals surface area contributed by atoms with Gasteiger partial charge in [0.25, 0.3) is 0 Å². The number of nitriles is 1. The lowest BCUT2D eigenvalue weighted by molar-refractivity contribution is -0.120. The Morgan fingerprint density at radius 3 is 2.72 bits per heavy atom. The molecule has 0 saturated carbocycles. The van der Waals surface area contributed by atoms with E-state index in [-0.39, 0.29) is 24.1 Å². The summed E-state index contributed by atoms with van der Waals surface area (Å²) in [6.07, 6.45) is 0. The van der Waals surface area contributed by atoms with Crippen molar-refractivity contribution in [2.45, 2.75) is 19.9 Å². The average Bonchev–Trinajstić information content (AvgIpc) is 2.27. The van der Waals surface area contributed by atoms with Crippen molar-refractivity contribution in [2.75, 3.05) is 18.5 Å². The monoisotopic (exact) mass is 249 g/mol. The Kier molecular flexibility index (Phi) is 4.67. The van der Waals surface area contributed by atoms with Gasteiger partial charge < -0.3 is 10.2 Å². The van der Waals surface area contributed by atoms with Crippen LogP contribution in [-0.2, 0) is 4.79 Å². The van der Waals surface area contributed by atoms with Gasteiger partial charge in [-0.15, -0.1) is 0 Å². The zero-order valence-corrected chi connectivity index (χ0v) is 10.7. The molecule has 0 aliphatic rings. The molecule has 0 atom stereocenters. The standard InChI is InChI=1S/C13H16FN3O/c1-9(2)16-13(18)8-17(3)12-5-4-10(7-15)6-11(12)14/h4-6,9H,8H2,1-3H3,(H,16,18). The Morgan fingerprint density at radius 2 is 2.22 bits per heavy atom. The molecule has 0 bridgehead atoms. The number of benzene rings is 1. The minimum Gasteiger partial charge on any atom is -0.363 e. The van der Waals surface area contributed by atoms with E-state index >= 15 is 0 Å². The number of hydrogen-bond acceptors (Lipinski definition) is 3. The Morgan fingerprint density at radius 1 is 1.56 bits per heavy atom. The van der Waals surface area contributed by atoms with Crippen LogP contribution in [0.25, 0.3) is 0 Å². The maximum absolute atomic E-state index is 13.7. The van der Waals surface area contributed by atoms with Crippen LogP contribution >= 0.6 is 0 Å². The Hall–Kier alpha value is -2.09. The minimum atomic E-state index is -0.506. The van der Waals surface area contributed by atoms with Crippen LogP contribution in [0, 0.1) is 17.1 Å². The van der Waals surface area contributed by atoms with Gasteiger partial charge in [0.15, 0.2) is 0 Å². The molecular weight excluding hydrogens is 233 g/mol. The first kappa shape index (κ1) is 14.0. The molecule has 0 aromatic heterocycles. The maximum atomic E-state index is 13.7. The van der Waals surface area contributed by atoms with Crippen molar-refractivity contribution in [3.63, 3.8) is 0 Å². The van der Waals surface area contributed by atoms with Crippen LogP contribution in [0.1, 0.15) is 19.4 Å². The number of amides is 1. The van der Waals surface area contributed by atoms with E-state index in [2.05, 4.69) is 5.32 Å². The maximum Gasteiger partial charge on any atom is 0.239 e. The number of carbonyl (C=O) groups excluding carboxylic acids is 1. The summed E-state index contributed by atoms with van der Waals surface area (Å²) in [5, 5.41) is 11.4. The number of nitrogens with zero attached hydrogens (tertiary/aromatic N) is 2. The summed E-state index contributed by atoms with van der Waals surface area (Å²) in [5.41, 5.74) is 0.559. The van der Waals surface area contributed by atoms with Crippen LogP contribution in [0.15, 0.2) is 18.2 Å². The predicted octanol–water partition coefficient (Wildman–Crippen LogP) is 1.66. The SMILES string of the molecule is CC(C)NC(=O)CN(C)c1ccc(C#N)cc1F. The lowest BCUT2D eigenvalue weighted by Gasteiger charge is -2.20. The third kappa shape index (κ3) is 3.74. The normalized spacial score (nSPS) is 10.0. The molecule has 0 unspecified atom stereocenters. The van der Waals surface area contributed by atoms with Crippen molar-refractivity contribution < 1.29 is 9.18 Å². The quantitative estimate of drug-likeness (QED) is 0.882. The predicted molar refractivity (Wildman–Crippen MR) is 67.7 cm³/mol.